The van der Waals surface area contributed by atoms with Crippen LogP contribution in [0.5, 0.6) is 0 Å². The highest BCUT2D eigenvalue weighted by molar-refractivity contribution is 6.30. The highest BCUT2D eigenvalue weighted by atomic mass is 35.5. The van der Waals surface area contributed by atoms with Crippen molar-refractivity contribution in [3.05, 3.63) is 34.9 Å². The van der Waals surface area contributed by atoms with Gasteiger partial charge in [0.2, 0.25) is 0 Å². The Bertz CT molecular complexity index is 340. The first kappa shape index (κ1) is 12.9. The van der Waals surface area contributed by atoms with Gasteiger partial charge >= 0.3 is 0 Å². The molecule has 2 atom stereocenters. The lowest BCUT2D eigenvalue weighted by Gasteiger charge is -2.25. The fourth-order valence-corrected chi connectivity index (χ4v) is 2.96. The summed E-state index contributed by atoms with van der Waals surface area (Å²) < 4.78 is 0. The Hall–Kier alpha value is -0.530. The molecule has 0 amide bonds. The van der Waals surface area contributed by atoms with E-state index in [9.17, 15) is 0 Å². The third-order valence-corrected chi connectivity index (χ3v) is 4.24. The summed E-state index contributed by atoms with van der Waals surface area (Å²) in [4.78, 5) is 0. The van der Waals surface area contributed by atoms with E-state index < -0.39 is 0 Å². The van der Waals surface area contributed by atoms with Crippen molar-refractivity contribution in [3.8, 4) is 0 Å². The summed E-state index contributed by atoms with van der Waals surface area (Å²) in [5.74, 6) is 0.866. The zero-order chi connectivity index (χ0) is 12.3. The van der Waals surface area contributed by atoms with Crippen LogP contribution in [0, 0.1) is 5.92 Å². The molecule has 2 heteroatoms. The molecule has 17 heavy (non-hydrogen) atoms. The SMILES string of the molecule is CC(N[C@H](C)c1ccc(Cl)cc1)C1CCCC1. The molecule has 2 rings (SSSR count). The molecule has 1 aliphatic carbocycles. The lowest BCUT2D eigenvalue weighted by Crippen LogP contribution is -2.34. The summed E-state index contributed by atoms with van der Waals surface area (Å²) >= 11 is 5.91. The molecule has 1 aromatic rings. The van der Waals surface area contributed by atoms with E-state index in [-0.39, 0.29) is 0 Å². The summed E-state index contributed by atoms with van der Waals surface area (Å²) in [7, 11) is 0. The maximum absolute atomic E-state index is 5.91. The van der Waals surface area contributed by atoms with Gasteiger partial charge in [0.1, 0.15) is 0 Å². The van der Waals surface area contributed by atoms with Crippen LogP contribution in [-0.2, 0) is 0 Å². The maximum Gasteiger partial charge on any atom is 0.0406 e. The molecule has 0 aromatic heterocycles. The second-order valence-corrected chi connectivity index (χ2v) is 5.71. The van der Waals surface area contributed by atoms with Crippen LogP contribution < -0.4 is 5.32 Å². The molecule has 0 spiro atoms. The van der Waals surface area contributed by atoms with Crippen molar-refractivity contribution in [2.24, 2.45) is 5.92 Å². The summed E-state index contributed by atoms with van der Waals surface area (Å²) in [6.07, 6.45) is 5.60. The number of benzene rings is 1. The lowest BCUT2D eigenvalue weighted by molar-refractivity contribution is 0.352. The third kappa shape index (κ3) is 3.46. The number of halogens is 1. The van der Waals surface area contributed by atoms with Crippen LogP contribution in [0.4, 0.5) is 0 Å². The van der Waals surface area contributed by atoms with E-state index in [0.717, 1.165) is 10.9 Å². The number of hydrogen-bond donors (Lipinski definition) is 1. The summed E-state index contributed by atoms with van der Waals surface area (Å²) in [5, 5.41) is 4.52. The Labute approximate surface area is 110 Å². The van der Waals surface area contributed by atoms with Crippen molar-refractivity contribution in [1.82, 2.24) is 5.32 Å². The lowest BCUT2D eigenvalue weighted by atomic mass is 9.98. The van der Waals surface area contributed by atoms with Crippen molar-refractivity contribution in [1.29, 1.82) is 0 Å². The second kappa shape index (κ2) is 5.88. The molecule has 1 aromatic carbocycles. The Morgan fingerprint density at radius 1 is 1.12 bits per heavy atom. The molecular formula is C15H22ClN. The van der Waals surface area contributed by atoms with E-state index in [4.69, 9.17) is 11.6 Å². The maximum atomic E-state index is 5.91. The predicted octanol–water partition coefficient (Wildman–Crippen LogP) is 4.57. The third-order valence-electron chi connectivity index (χ3n) is 3.99. The zero-order valence-corrected chi connectivity index (χ0v) is 11.5. The van der Waals surface area contributed by atoms with Crippen LogP contribution in [0.15, 0.2) is 24.3 Å². The Balaban J connectivity index is 1.91. The Kier molecular flexibility index (Phi) is 4.47. The minimum absolute atomic E-state index is 0.405. The molecule has 0 aliphatic heterocycles. The van der Waals surface area contributed by atoms with Gasteiger partial charge in [-0.25, -0.2) is 0 Å². The van der Waals surface area contributed by atoms with Gasteiger partial charge in [-0.3, -0.25) is 0 Å². The molecule has 0 saturated heterocycles. The van der Waals surface area contributed by atoms with Crippen LogP contribution in [-0.4, -0.2) is 6.04 Å². The highest BCUT2D eigenvalue weighted by Crippen LogP contribution is 2.28. The van der Waals surface area contributed by atoms with Gasteiger partial charge in [0, 0.05) is 17.1 Å². The normalized spacial score (nSPS) is 20.4. The molecule has 1 saturated carbocycles. The van der Waals surface area contributed by atoms with Gasteiger partial charge in [0.25, 0.3) is 0 Å². The van der Waals surface area contributed by atoms with E-state index in [1.807, 2.05) is 12.1 Å². The van der Waals surface area contributed by atoms with Gasteiger partial charge in [-0.05, 0) is 50.3 Å². The van der Waals surface area contributed by atoms with Crippen molar-refractivity contribution < 1.29 is 0 Å². The minimum atomic E-state index is 0.405. The average molecular weight is 252 g/mol. The number of hydrogen-bond acceptors (Lipinski definition) is 1. The van der Waals surface area contributed by atoms with Crippen molar-refractivity contribution >= 4 is 11.6 Å². The molecule has 1 aliphatic rings. The van der Waals surface area contributed by atoms with E-state index in [0.29, 0.717) is 12.1 Å². The molecule has 0 radical (unpaired) electrons. The Morgan fingerprint density at radius 2 is 1.71 bits per heavy atom. The van der Waals surface area contributed by atoms with Gasteiger partial charge in [0.15, 0.2) is 0 Å². The van der Waals surface area contributed by atoms with Gasteiger partial charge in [-0.2, -0.15) is 0 Å². The topological polar surface area (TPSA) is 12.0 Å². The quantitative estimate of drug-likeness (QED) is 0.827. The standard InChI is InChI=1S/C15H22ClN/c1-11(13-5-3-4-6-13)17-12(2)14-7-9-15(16)10-8-14/h7-13,17H,3-6H2,1-2H3/t11?,12-/m1/s1. The average Bonchev–Trinajstić information content (AvgIpc) is 2.83. The van der Waals surface area contributed by atoms with Crippen LogP contribution in [0.25, 0.3) is 0 Å². The second-order valence-electron chi connectivity index (χ2n) is 5.27. The van der Waals surface area contributed by atoms with Gasteiger partial charge in [-0.1, -0.05) is 36.6 Å². The van der Waals surface area contributed by atoms with Gasteiger partial charge in [-0.15, -0.1) is 0 Å². The van der Waals surface area contributed by atoms with E-state index in [1.165, 1.54) is 31.2 Å². The molecule has 0 bridgehead atoms. The molecule has 1 N–H and O–H groups in total. The minimum Gasteiger partial charge on any atom is -0.307 e. The summed E-state index contributed by atoms with van der Waals surface area (Å²) in [5.41, 5.74) is 1.32. The van der Waals surface area contributed by atoms with Crippen LogP contribution in [0.1, 0.15) is 51.1 Å². The fraction of sp³-hybridized carbons (Fsp3) is 0.600. The molecule has 94 valence electrons. The van der Waals surface area contributed by atoms with Gasteiger partial charge < -0.3 is 5.32 Å². The van der Waals surface area contributed by atoms with Crippen LogP contribution in [0.2, 0.25) is 5.02 Å². The van der Waals surface area contributed by atoms with Crippen molar-refractivity contribution in [2.45, 2.75) is 51.6 Å². The van der Waals surface area contributed by atoms with E-state index in [1.54, 1.807) is 0 Å². The van der Waals surface area contributed by atoms with E-state index >= 15 is 0 Å². The van der Waals surface area contributed by atoms with Crippen molar-refractivity contribution in [3.63, 3.8) is 0 Å². The smallest absolute Gasteiger partial charge is 0.0406 e. The van der Waals surface area contributed by atoms with Gasteiger partial charge in [0.05, 0.1) is 0 Å². The first-order chi connectivity index (χ1) is 8.16. The number of nitrogens with one attached hydrogen (secondary N) is 1. The molecule has 0 heterocycles. The van der Waals surface area contributed by atoms with Crippen molar-refractivity contribution in [2.75, 3.05) is 0 Å². The highest BCUT2D eigenvalue weighted by Gasteiger charge is 2.22. The zero-order valence-electron chi connectivity index (χ0n) is 10.7. The summed E-state index contributed by atoms with van der Waals surface area (Å²) in [6, 6.07) is 9.18. The monoisotopic (exact) mass is 251 g/mol. The fourth-order valence-electron chi connectivity index (χ4n) is 2.84. The molecular weight excluding hydrogens is 230 g/mol. The van der Waals surface area contributed by atoms with E-state index in [2.05, 4.69) is 31.3 Å². The largest absolute Gasteiger partial charge is 0.307 e. The molecule has 1 unspecified atom stereocenters. The first-order valence-corrected chi connectivity index (χ1v) is 7.06. The predicted molar refractivity (Wildman–Crippen MR) is 74.4 cm³/mol. The molecule has 1 fully saturated rings. The molecule has 1 nitrogen and oxygen atoms in total. The first-order valence-electron chi connectivity index (χ1n) is 6.68. The Morgan fingerprint density at radius 3 is 2.29 bits per heavy atom. The van der Waals surface area contributed by atoms with Crippen LogP contribution >= 0.6 is 11.6 Å². The summed E-state index contributed by atoms with van der Waals surface area (Å²) in [6.45, 7) is 4.55. The van der Waals surface area contributed by atoms with Crippen LogP contribution in [0.3, 0.4) is 0 Å². The number of rotatable bonds is 4.